The average Bonchev–Trinajstić information content (AvgIpc) is 2.56. The van der Waals surface area contributed by atoms with Gasteiger partial charge in [-0.3, -0.25) is 4.99 Å². The summed E-state index contributed by atoms with van der Waals surface area (Å²) in [6, 6.07) is 10.7. The van der Waals surface area contributed by atoms with Gasteiger partial charge in [0, 0.05) is 26.7 Å². The topological polar surface area (TPSA) is 27.6 Å². The number of benzene rings is 1. The second kappa shape index (κ2) is 8.78. The Labute approximate surface area is 132 Å². The molecule has 1 aromatic carbocycles. The Kier molecular flexibility index (Phi) is 6.67. The maximum Gasteiger partial charge on any atom is 0.193 e. The Morgan fingerprint density at radius 2 is 2.14 bits per heavy atom. The molecule has 21 heavy (non-hydrogen) atoms. The minimum atomic E-state index is 0.937. The molecule has 0 spiro atoms. The summed E-state index contributed by atoms with van der Waals surface area (Å²) in [5.74, 6) is 2.22. The molecular formula is C17H25N3S. The summed E-state index contributed by atoms with van der Waals surface area (Å²) in [4.78, 5) is 6.73. The molecule has 3 nitrogen and oxygen atoms in total. The molecule has 1 aliphatic heterocycles. The fourth-order valence-corrected chi connectivity index (χ4v) is 2.96. The minimum Gasteiger partial charge on any atom is -0.356 e. The van der Waals surface area contributed by atoms with Gasteiger partial charge in [0.25, 0.3) is 0 Å². The third-order valence-electron chi connectivity index (χ3n) is 3.67. The molecule has 0 radical (unpaired) electrons. The van der Waals surface area contributed by atoms with Gasteiger partial charge in [-0.1, -0.05) is 36.4 Å². The number of nitrogens with zero attached hydrogens (tertiary/aromatic N) is 2. The predicted octanol–water partition coefficient (Wildman–Crippen LogP) is 3.10. The summed E-state index contributed by atoms with van der Waals surface area (Å²) in [5, 5.41) is 3.46. The first-order valence-corrected chi connectivity index (χ1v) is 8.93. The molecule has 114 valence electrons. The van der Waals surface area contributed by atoms with Crippen LogP contribution >= 0.6 is 11.8 Å². The smallest absolute Gasteiger partial charge is 0.193 e. The van der Waals surface area contributed by atoms with Crippen molar-refractivity contribution >= 4 is 23.3 Å². The van der Waals surface area contributed by atoms with Crippen LogP contribution in [0, 0.1) is 0 Å². The fraction of sp³-hybridized carbons (Fsp3) is 0.471. The standard InChI is InChI=1S/C17H25N3S/c1-18-17(19-11-6-14-21-2)20-12-9-16(10-13-20)15-7-4-3-5-8-15/h3-5,7-9H,6,10-14H2,1-2H3,(H,18,19). The van der Waals surface area contributed by atoms with Crippen LogP contribution in [0.2, 0.25) is 0 Å². The van der Waals surface area contributed by atoms with Gasteiger partial charge in [0.2, 0.25) is 0 Å². The summed E-state index contributed by atoms with van der Waals surface area (Å²) < 4.78 is 0. The van der Waals surface area contributed by atoms with Crippen molar-refractivity contribution in [2.24, 2.45) is 4.99 Å². The lowest BCUT2D eigenvalue weighted by Crippen LogP contribution is -2.43. The first-order valence-electron chi connectivity index (χ1n) is 7.54. The summed E-state index contributed by atoms with van der Waals surface area (Å²) in [7, 11) is 1.87. The molecule has 0 saturated heterocycles. The van der Waals surface area contributed by atoms with Gasteiger partial charge in [-0.05, 0) is 36.0 Å². The van der Waals surface area contributed by atoms with Crippen LogP contribution in [0.3, 0.4) is 0 Å². The van der Waals surface area contributed by atoms with Gasteiger partial charge in [0.15, 0.2) is 5.96 Å². The molecule has 1 heterocycles. The molecule has 4 heteroatoms. The average molecular weight is 303 g/mol. The van der Waals surface area contributed by atoms with Crippen LogP contribution in [0.25, 0.3) is 5.57 Å². The molecule has 0 saturated carbocycles. The molecule has 1 aromatic rings. The third-order valence-corrected chi connectivity index (χ3v) is 4.37. The summed E-state index contributed by atoms with van der Waals surface area (Å²) in [5.41, 5.74) is 2.80. The van der Waals surface area contributed by atoms with E-state index in [1.165, 1.54) is 23.3 Å². The van der Waals surface area contributed by atoms with E-state index in [1.807, 2.05) is 18.8 Å². The second-order valence-corrected chi connectivity index (χ2v) is 6.10. The second-order valence-electron chi connectivity index (χ2n) is 5.11. The normalized spacial score (nSPS) is 15.8. The van der Waals surface area contributed by atoms with Gasteiger partial charge in [-0.2, -0.15) is 11.8 Å². The lowest BCUT2D eigenvalue weighted by Gasteiger charge is -2.29. The molecule has 2 rings (SSSR count). The minimum absolute atomic E-state index is 0.937. The number of hydrogen-bond donors (Lipinski definition) is 1. The van der Waals surface area contributed by atoms with E-state index in [2.05, 4.69) is 57.9 Å². The van der Waals surface area contributed by atoms with E-state index in [0.29, 0.717) is 0 Å². The maximum absolute atomic E-state index is 4.40. The van der Waals surface area contributed by atoms with E-state index in [0.717, 1.165) is 32.0 Å². The van der Waals surface area contributed by atoms with Crippen molar-refractivity contribution in [1.82, 2.24) is 10.2 Å². The maximum atomic E-state index is 4.40. The molecule has 0 atom stereocenters. The highest BCUT2D eigenvalue weighted by atomic mass is 32.2. The van der Waals surface area contributed by atoms with Crippen LogP contribution in [-0.2, 0) is 0 Å². The Balaban J connectivity index is 1.88. The third kappa shape index (κ3) is 4.81. The van der Waals surface area contributed by atoms with Crippen molar-refractivity contribution in [3.8, 4) is 0 Å². The van der Waals surface area contributed by atoms with Crippen LogP contribution in [0.1, 0.15) is 18.4 Å². The van der Waals surface area contributed by atoms with Crippen molar-refractivity contribution < 1.29 is 0 Å². The lowest BCUT2D eigenvalue weighted by molar-refractivity contribution is 0.440. The predicted molar refractivity (Wildman–Crippen MR) is 95.0 cm³/mol. The molecule has 0 unspecified atom stereocenters. The SMILES string of the molecule is CN=C(NCCCSC)N1CC=C(c2ccccc2)CC1. The van der Waals surface area contributed by atoms with Gasteiger partial charge in [0.1, 0.15) is 0 Å². The molecule has 0 aliphatic carbocycles. The van der Waals surface area contributed by atoms with Crippen LogP contribution in [0.5, 0.6) is 0 Å². The van der Waals surface area contributed by atoms with Crippen molar-refractivity contribution in [3.63, 3.8) is 0 Å². The van der Waals surface area contributed by atoms with E-state index < -0.39 is 0 Å². The van der Waals surface area contributed by atoms with E-state index >= 15 is 0 Å². The zero-order chi connectivity index (χ0) is 14.9. The fourth-order valence-electron chi connectivity index (χ4n) is 2.52. The van der Waals surface area contributed by atoms with Gasteiger partial charge in [-0.25, -0.2) is 0 Å². The summed E-state index contributed by atoms with van der Waals surface area (Å²) in [6.45, 7) is 2.97. The van der Waals surface area contributed by atoms with Crippen LogP contribution < -0.4 is 5.32 Å². The number of rotatable bonds is 5. The van der Waals surface area contributed by atoms with E-state index in [-0.39, 0.29) is 0 Å². The van der Waals surface area contributed by atoms with Crippen molar-refractivity contribution in [3.05, 3.63) is 42.0 Å². The zero-order valence-electron chi connectivity index (χ0n) is 13.0. The zero-order valence-corrected chi connectivity index (χ0v) is 13.8. The monoisotopic (exact) mass is 303 g/mol. The van der Waals surface area contributed by atoms with Crippen LogP contribution in [-0.4, -0.2) is 49.6 Å². The molecule has 0 amide bonds. The first kappa shape index (κ1) is 16.0. The Morgan fingerprint density at radius 1 is 1.33 bits per heavy atom. The van der Waals surface area contributed by atoms with Crippen molar-refractivity contribution in [2.75, 3.05) is 38.7 Å². The summed E-state index contributed by atoms with van der Waals surface area (Å²) in [6.07, 6.45) is 6.73. The molecule has 0 aromatic heterocycles. The highest BCUT2D eigenvalue weighted by Crippen LogP contribution is 2.21. The van der Waals surface area contributed by atoms with Crippen LogP contribution in [0.15, 0.2) is 41.4 Å². The Morgan fingerprint density at radius 3 is 2.76 bits per heavy atom. The van der Waals surface area contributed by atoms with E-state index in [1.54, 1.807) is 0 Å². The number of nitrogens with one attached hydrogen (secondary N) is 1. The summed E-state index contributed by atoms with van der Waals surface area (Å²) >= 11 is 1.89. The largest absolute Gasteiger partial charge is 0.356 e. The van der Waals surface area contributed by atoms with Crippen LogP contribution in [0.4, 0.5) is 0 Å². The molecule has 1 N–H and O–H groups in total. The highest BCUT2D eigenvalue weighted by molar-refractivity contribution is 7.98. The molecule has 1 aliphatic rings. The number of thioether (sulfide) groups is 1. The van der Waals surface area contributed by atoms with Gasteiger partial charge in [-0.15, -0.1) is 0 Å². The molecule has 0 fully saturated rings. The van der Waals surface area contributed by atoms with E-state index in [4.69, 9.17) is 0 Å². The molecule has 0 bridgehead atoms. The van der Waals surface area contributed by atoms with Crippen molar-refractivity contribution in [2.45, 2.75) is 12.8 Å². The first-order chi connectivity index (χ1) is 10.3. The van der Waals surface area contributed by atoms with Gasteiger partial charge >= 0.3 is 0 Å². The number of hydrogen-bond acceptors (Lipinski definition) is 2. The number of aliphatic imine (C=N–C) groups is 1. The molecular weight excluding hydrogens is 278 g/mol. The Bertz CT molecular complexity index is 482. The highest BCUT2D eigenvalue weighted by Gasteiger charge is 2.15. The quantitative estimate of drug-likeness (QED) is 0.514. The van der Waals surface area contributed by atoms with Gasteiger partial charge in [0.05, 0.1) is 0 Å². The van der Waals surface area contributed by atoms with Crippen molar-refractivity contribution in [1.29, 1.82) is 0 Å². The number of guanidine groups is 1. The van der Waals surface area contributed by atoms with E-state index in [9.17, 15) is 0 Å². The lowest BCUT2D eigenvalue weighted by atomic mass is 10.00. The Hall–Kier alpha value is -1.42. The van der Waals surface area contributed by atoms with Gasteiger partial charge < -0.3 is 10.2 Å².